The van der Waals surface area contributed by atoms with Crippen LogP contribution >= 0.6 is 0 Å². The lowest BCUT2D eigenvalue weighted by molar-refractivity contribution is 0.0923. The monoisotopic (exact) mass is 377 g/mol. The molecule has 1 aliphatic heterocycles. The van der Waals surface area contributed by atoms with Gasteiger partial charge in [-0.15, -0.1) is 0 Å². The summed E-state index contributed by atoms with van der Waals surface area (Å²) in [6.45, 7) is 3.67. The summed E-state index contributed by atoms with van der Waals surface area (Å²) in [6.07, 6.45) is 4.97. The SMILES string of the molecule is Cc1ccc(N2CCC(NC(=O)c3nn(-c4ccccc4)cc3O)CC2)nc1. The summed E-state index contributed by atoms with van der Waals surface area (Å²) < 4.78 is 1.51. The number of hydrogen-bond acceptors (Lipinski definition) is 5. The van der Waals surface area contributed by atoms with Crippen LogP contribution in [0.15, 0.2) is 54.9 Å². The molecule has 0 radical (unpaired) electrons. The van der Waals surface area contributed by atoms with E-state index >= 15 is 0 Å². The van der Waals surface area contributed by atoms with E-state index in [1.807, 2.05) is 49.5 Å². The molecular formula is C21H23N5O2. The van der Waals surface area contributed by atoms with Crippen LogP contribution in [0.2, 0.25) is 0 Å². The van der Waals surface area contributed by atoms with E-state index in [0.29, 0.717) is 0 Å². The first-order valence-electron chi connectivity index (χ1n) is 9.42. The number of aryl methyl sites for hydroxylation is 1. The minimum atomic E-state index is -0.348. The van der Waals surface area contributed by atoms with Crippen LogP contribution in [0.4, 0.5) is 5.82 Å². The number of aromatic nitrogens is 3. The molecule has 3 heterocycles. The van der Waals surface area contributed by atoms with Gasteiger partial charge in [0.2, 0.25) is 0 Å². The van der Waals surface area contributed by atoms with Crippen LogP contribution in [0.5, 0.6) is 5.75 Å². The maximum Gasteiger partial charge on any atom is 0.275 e. The molecule has 0 spiro atoms. The summed E-state index contributed by atoms with van der Waals surface area (Å²) in [5, 5.41) is 17.4. The number of hydrogen-bond donors (Lipinski definition) is 2. The summed E-state index contributed by atoms with van der Waals surface area (Å²) in [5.74, 6) is 0.497. The van der Waals surface area contributed by atoms with Gasteiger partial charge in [0.15, 0.2) is 11.4 Å². The molecule has 28 heavy (non-hydrogen) atoms. The van der Waals surface area contributed by atoms with Crippen molar-refractivity contribution < 1.29 is 9.90 Å². The van der Waals surface area contributed by atoms with Crippen LogP contribution in [-0.2, 0) is 0 Å². The number of benzene rings is 1. The molecule has 7 heteroatoms. The van der Waals surface area contributed by atoms with Crippen molar-refractivity contribution in [3.8, 4) is 11.4 Å². The molecule has 1 fully saturated rings. The number of piperidine rings is 1. The van der Waals surface area contributed by atoms with Crippen LogP contribution in [0.3, 0.4) is 0 Å². The number of rotatable bonds is 4. The molecular weight excluding hydrogens is 354 g/mol. The van der Waals surface area contributed by atoms with Crippen molar-refractivity contribution in [1.82, 2.24) is 20.1 Å². The highest BCUT2D eigenvalue weighted by Crippen LogP contribution is 2.21. The first kappa shape index (κ1) is 18.0. The summed E-state index contributed by atoms with van der Waals surface area (Å²) in [6, 6.07) is 13.5. The molecule has 1 aliphatic rings. The first-order valence-corrected chi connectivity index (χ1v) is 9.42. The van der Waals surface area contributed by atoms with Crippen LogP contribution in [-0.4, -0.2) is 44.9 Å². The average molecular weight is 377 g/mol. The lowest BCUT2D eigenvalue weighted by atomic mass is 10.0. The van der Waals surface area contributed by atoms with Crippen molar-refractivity contribution in [3.63, 3.8) is 0 Å². The second kappa shape index (κ2) is 7.72. The van der Waals surface area contributed by atoms with Gasteiger partial charge in [-0.2, -0.15) is 5.10 Å². The van der Waals surface area contributed by atoms with E-state index in [4.69, 9.17) is 0 Å². The number of nitrogens with zero attached hydrogens (tertiary/aromatic N) is 4. The predicted molar refractivity (Wildman–Crippen MR) is 107 cm³/mol. The number of aromatic hydroxyl groups is 1. The van der Waals surface area contributed by atoms with Crippen molar-refractivity contribution >= 4 is 11.7 Å². The number of nitrogens with one attached hydrogen (secondary N) is 1. The number of anilines is 1. The molecule has 4 rings (SSSR count). The highest BCUT2D eigenvalue weighted by Gasteiger charge is 2.24. The Bertz CT molecular complexity index is 945. The number of carbonyl (C=O) groups excluding carboxylic acids is 1. The molecule has 1 amide bonds. The molecule has 0 saturated carbocycles. The third-order valence-electron chi connectivity index (χ3n) is 4.98. The van der Waals surface area contributed by atoms with Gasteiger partial charge in [0.25, 0.3) is 5.91 Å². The minimum Gasteiger partial charge on any atom is -0.504 e. The minimum absolute atomic E-state index is 0.0477. The molecule has 1 aromatic carbocycles. The zero-order chi connectivity index (χ0) is 19.5. The quantitative estimate of drug-likeness (QED) is 0.730. The van der Waals surface area contributed by atoms with Gasteiger partial charge in [0.1, 0.15) is 5.82 Å². The van der Waals surface area contributed by atoms with Crippen molar-refractivity contribution in [3.05, 3.63) is 66.1 Å². The molecule has 3 aromatic rings. The Morgan fingerprint density at radius 2 is 1.89 bits per heavy atom. The molecule has 144 valence electrons. The predicted octanol–water partition coefficient (Wildman–Crippen LogP) is 2.68. The molecule has 7 nitrogen and oxygen atoms in total. The highest BCUT2D eigenvalue weighted by molar-refractivity contribution is 5.95. The summed E-state index contributed by atoms with van der Waals surface area (Å²) in [7, 11) is 0. The Hall–Kier alpha value is -3.35. The maximum absolute atomic E-state index is 12.6. The van der Waals surface area contributed by atoms with Crippen molar-refractivity contribution in [2.45, 2.75) is 25.8 Å². The van der Waals surface area contributed by atoms with Gasteiger partial charge in [0, 0.05) is 25.3 Å². The van der Waals surface area contributed by atoms with Crippen LogP contribution in [0.1, 0.15) is 28.9 Å². The van der Waals surface area contributed by atoms with Gasteiger partial charge in [0.05, 0.1) is 11.9 Å². The average Bonchev–Trinajstić information content (AvgIpc) is 3.12. The van der Waals surface area contributed by atoms with Gasteiger partial charge in [-0.1, -0.05) is 24.3 Å². The lowest BCUT2D eigenvalue weighted by Crippen LogP contribution is -2.45. The smallest absolute Gasteiger partial charge is 0.275 e. The summed E-state index contributed by atoms with van der Waals surface area (Å²) >= 11 is 0. The van der Waals surface area contributed by atoms with E-state index in [1.54, 1.807) is 0 Å². The van der Waals surface area contributed by atoms with E-state index in [0.717, 1.165) is 43.0 Å². The van der Waals surface area contributed by atoms with E-state index in [2.05, 4.69) is 26.4 Å². The Labute approximate surface area is 163 Å². The van der Waals surface area contributed by atoms with Gasteiger partial charge in [-0.05, 0) is 43.5 Å². The van der Waals surface area contributed by atoms with Gasteiger partial charge < -0.3 is 15.3 Å². The molecule has 0 aliphatic carbocycles. The number of carbonyl (C=O) groups is 1. The van der Waals surface area contributed by atoms with Crippen molar-refractivity contribution in [2.24, 2.45) is 0 Å². The summed E-state index contributed by atoms with van der Waals surface area (Å²) in [4.78, 5) is 19.3. The van der Waals surface area contributed by atoms with E-state index < -0.39 is 0 Å². The Balaban J connectivity index is 1.37. The van der Waals surface area contributed by atoms with Crippen LogP contribution in [0, 0.1) is 6.92 Å². The topological polar surface area (TPSA) is 83.3 Å². The Kier molecular flexibility index (Phi) is 4.97. The molecule has 0 unspecified atom stereocenters. The molecule has 2 N–H and O–H groups in total. The van der Waals surface area contributed by atoms with E-state index in [1.165, 1.54) is 10.9 Å². The molecule has 0 bridgehead atoms. The summed E-state index contributed by atoms with van der Waals surface area (Å²) in [5.41, 5.74) is 1.97. The zero-order valence-electron chi connectivity index (χ0n) is 15.7. The number of pyridine rings is 1. The van der Waals surface area contributed by atoms with E-state index in [9.17, 15) is 9.90 Å². The fourth-order valence-corrected chi connectivity index (χ4v) is 3.39. The number of amides is 1. The lowest BCUT2D eigenvalue weighted by Gasteiger charge is -2.33. The van der Waals surface area contributed by atoms with Gasteiger partial charge >= 0.3 is 0 Å². The van der Waals surface area contributed by atoms with Crippen LogP contribution in [0.25, 0.3) is 5.69 Å². The van der Waals surface area contributed by atoms with Crippen molar-refractivity contribution in [1.29, 1.82) is 0 Å². The van der Waals surface area contributed by atoms with Gasteiger partial charge in [-0.25, -0.2) is 9.67 Å². The van der Waals surface area contributed by atoms with Gasteiger partial charge in [-0.3, -0.25) is 4.79 Å². The van der Waals surface area contributed by atoms with Crippen molar-refractivity contribution in [2.75, 3.05) is 18.0 Å². The molecule has 2 aromatic heterocycles. The third-order valence-corrected chi connectivity index (χ3v) is 4.98. The van der Waals surface area contributed by atoms with E-state index in [-0.39, 0.29) is 23.4 Å². The Morgan fingerprint density at radius 1 is 1.14 bits per heavy atom. The fraction of sp³-hybridized carbons (Fsp3) is 0.286. The maximum atomic E-state index is 12.6. The second-order valence-corrected chi connectivity index (χ2v) is 7.07. The second-order valence-electron chi connectivity index (χ2n) is 7.07. The fourth-order valence-electron chi connectivity index (χ4n) is 3.39. The Morgan fingerprint density at radius 3 is 2.57 bits per heavy atom. The normalized spacial score (nSPS) is 14.8. The molecule has 0 atom stereocenters. The largest absolute Gasteiger partial charge is 0.504 e. The first-order chi connectivity index (χ1) is 13.6. The van der Waals surface area contributed by atoms with Crippen LogP contribution < -0.4 is 10.2 Å². The highest BCUT2D eigenvalue weighted by atomic mass is 16.3. The number of para-hydroxylation sites is 1. The third kappa shape index (κ3) is 3.83. The zero-order valence-corrected chi connectivity index (χ0v) is 15.7. The standard InChI is InChI=1S/C21H23N5O2/c1-15-7-8-19(22-13-15)25-11-9-16(10-12-25)23-21(28)20-18(27)14-26(24-20)17-5-3-2-4-6-17/h2-8,13-14,16,27H,9-12H2,1H3,(H,23,28). The molecule has 1 saturated heterocycles.